The first-order chi connectivity index (χ1) is 9.11. The van der Waals surface area contributed by atoms with Crippen LogP contribution in [0.4, 0.5) is 0 Å². The van der Waals surface area contributed by atoms with Gasteiger partial charge >= 0.3 is 0 Å². The molecule has 2 rings (SSSR count). The molecular weight excluding hydrogens is 320 g/mol. The van der Waals surface area contributed by atoms with Crippen molar-refractivity contribution in [2.75, 3.05) is 5.88 Å². The first-order valence-corrected chi connectivity index (χ1v) is 7.81. The molecule has 0 aliphatic heterocycles. The van der Waals surface area contributed by atoms with Crippen LogP contribution < -0.4 is 0 Å². The highest BCUT2D eigenvalue weighted by atomic mass is 79.9. The molecule has 0 bridgehead atoms. The second kappa shape index (κ2) is 6.58. The van der Waals surface area contributed by atoms with Gasteiger partial charge in [0.05, 0.1) is 0 Å². The zero-order valence-electron chi connectivity index (χ0n) is 11.3. The number of halogens is 2. The van der Waals surface area contributed by atoms with Gasteiger partial charge in [-0.05, 0) is 54.7 Å². The van der Waals surface area contributed by atoms with Gasteiger partial charge in [-0.3, -0.25) is 0 Å². The second-order valence-electron chi connectivity index (χ2n) is 4.98. The van der Waals surface area contributed by atoms with Gasteiger partial charge in [0.2, 0.25) is 0 Å². The van der Waals surface area contributed by atoms with Crippen molar-refractivity contribution in [2.24, 2.45) is 0 Å². The maximum absolute atomic E-state index is 6.19. The molecule has 2 heteroatoms. The fourth-order valence-electron chi connectivity index (χ4n) is 2.44. The Balaban J connectivity index is 2.29. The molecule has 0 radical (unpaired) electrons. The van der Waals surface area contributed by atoms with Gasteiger partial charge in [0, 0.05) is 16.3 Å². The molecule has 0 fully saturated rings. The highest BCUT2D eigenvalue weighted by Crippen LogP contribution is 2.27. The molecule has 0 amide bonds. The number of alkyl halides is 1. The first kappa shape index (κ1) is 14.6. The van der Waals surface area contributed by atoms with Gasteiger partial charge < -0.3 is 0 Å². The number of hydrogen-bond donors (Lipinski definition) is 0. The molecule has 2 aromatic carbocycles. The van der Waals surface area contributed by atoms with Gasteiger partial charge in [-0.1, -0.05) is 46.3 Å². The van der Waals surface area contributed by atoms with Crippen LogP contribution in [0.1, 0.15) is 28.2 Å². The highest BCUT2D eigenvalue weighted by molar-refractivity contribution is 9.10. The molecule has 0 aromatic heterocycles. The van der Waals surface area contributed by atoms with Gasteiger partial charge in [0.15, 0.2) is 0 Å². The minimum Gasteiger partial charge on any atom is -0.126 e. The van der Waals surface area contributed by atoms with E-state index in [2.05, 4.69) is 66.2 Å². The minimum absolute atomic E-state index is 0.360. The fraction of sp³-hybridized carbons (Fsp3) is 0.294. The Morgan fingerprint density at radius 1 is 1.05 bits per heavy atom. The van der Waals surface area contributed by atoms with E-state index in [0.717, 1.165) is 10.9 Å². The average molecular weight is 338 g/mol. The zero-order chi connectivity index (χ0) is 13.8. The Bertz CT molecular complexity index is 543. The summed E-state index contributed by atoms with van der Waals surface area (Å²) in [5.41, 5.74) is 5.43. The molecule has 0 saturated carbocycles. The van der Waals surface area contributed by atoms with Crippen LogP contribution in [0.2, 0.25) is 0 Å². The molecule has 0 spiro atoms. The zero-order valence-corrected chi connectivity index (χ0v) is 13.6. The van der Waals surface area contributed by atoms with Crippen molar-refractivity contribution in [3.05, 3.63) is 69.2 Å². The van der Waals surface area contributed by atoms with E-state index in [-0.39, 0.29) is 0 Å². The third-order valence-electron chi connectivity index (χ3n) is 3.60. The van der Waals surface area contributed by atoms with E-state index in [1.807, 2.05) is 6.07 Å². The first-order valence-electron chi connectivity index (χ1n) is 6.48. The van der Waals surface area contributed by atoms with Crippen molar-refractivity contribution in [3.63, 3.8) is 0 Å². The molecule has 0 N–H and O–H groups in total. The molecule has 19 heavy (non-hydrogen) atoms. The topological polar surface area (TPSA) is 0 Å². The Kier molecular flexibility index (Phi) is 5.06. The number of benzene rings is 2. The lowest BCUT2D eigenvalue weighted by Crippen LogP contribution is -2.07. The highest BCUT2D eigenvalue weighted by Gasteiger charge is 2.14. The molecule has 0 saturated heterocycles. The summed E-state index contributed by atoms with van der Waals surface area (Å²) in [4.78, 5) is 0. The molecule has 2 aromatic rings. The van der Waals surface area contributed by atoms with Crippen LogP contribution in [0, 0.1) is 13.8 Å². The largest absolute Gasteiger partial charge is 0.126 e. The van der Waals surface area contributed by atoms with E-state index in [1.165, 1.54) is 22.3 Å². The standard InChI is InChI=1S/C17H18BrCl/c1-12-5-3-6-13(2)17(12)10-15(11-19)14-7-4-8-16(18)9-14/h3-9,15H,10-11H2,1-2H3. The molecule has 0 nitrogen and oxygen atoms in total. The van der Waals surface area contributed by atoms with E-state index in [1.54, 1.807) is 0 Å². The van der Waals surface area contributed by atoms with Crippen LogP contribution in [0.15, 0.2) is 46.9 Å². The summed E-state index contributed by atoms with van der Waals surface area (Å²) < 4.78 is 1.11. The van der Waals surface area contributed by atoms with Gasteiger partial charge in [-0.2, -0.15) is 0 Å². The molecule has 1 unspecified atom stereocenters. The van der Waals surface area contributed by atoms with Gasteiger partial charge in [-0.25, -0.2) is 0 Å². The maximum Gasteiger partial charge on any atom is 0.0295 e. The summed E-state index contributed by atoms with van der Waals surface area (Å²) in [5, 5.41) is 0. The van der Waals surface area contributed by atoms with E-state index in [9.17, 15) is 0 Å². The summed E-state index contributed by atoms with van der Waals surface area (Å²) in [6.45, 7) is 4.35. The average Bonchev–Trinajstić information content (AvgIpc) is 2.38. The molecular formula is C17H18BrCl. The minimum atomic E-state index is 0.360. The lowest BCUT2D eigenvalue weighted by molar-refractivity contribution is 0.757. The lowest BCUT2D eigenvalue weighted by atomic mass is 9.89. The summed E-state index contributed by atoms with van der Waals surface area (Å²) in [7, 11) is 0. The molecule has 0 aliphatic carbocycles. The van der Waals surface area contributed by atoms with Gasteiger partial charge in [0.25, 0.3) is 0 Å². The Labute approximate surface area is 128 Å². The Morgan fingerprint density at radius 3 is 2.26 bits per heavy atom. The van der Waals surface area contributed by atoms with Crippen molar-refractivity contribution in [1.82, 2.24) is 0 Å². The van der Waals surface area contributed by atoms with Crippen LogP contribution in [0.25, 0.3) is 0 Å². The number of aryl methyl sites for hydroxylation is 2. The monoisotopic (exact) mass is 336 g/mol. The van der Waals surface area contributed by atoms with Crippen LogP contribution in [-0.2, 0) is 6.42 Å². The molecule has 100 valence electrons. The Hall–Kier alpha value is -0.790. The normalized spacial score (nSPS) is 12.4. The van der Waals surface area contributed by atoms with Crippen molar-refractivity contribution < 1.29 is 0 Å². The smallest absolute Gasteiger partial charge is 0.0295 e. The van der Waals surface area contributed by atoms with Crippen LogP contribution in [0.5, 0.6) is 0 Å². The Morgan fingerprint density at radius 2 is 1.68 bits per heavy atom. The van der Waals surface area contributed by atoms with Crippen molar-refractivity contribution >= 4 is 27.5 Å². The third kappa shape index (κ3) is 3.61. The van der Waals surface area contributed by atoms with Crippen molar-refractivity contribution in [1.29, 1.82) is 0 Å². The second-order valence-corrected chi connectivity index (χ2v) is 6.21. The van der Waals surface area contributed by atoms with Crippen molar-refractivity contribution in [3.8, 4) is 0 Å². The summed E-state index contributed by atoms with van der Waals surface area (Å²) in [6, 6.07) is 14.9. The molecule has 0 aliphatic rings. The lowest BCUT2D eigenvalue weighted by Gasteiger charge is -2.18. The van der Waals surface area contributed by atoms with Crippen LogP contribution >= 0.6 is 27.5 Å². The summed E-state index contributed by atoms with van der Waals surface area (Å²) >= 11 is 9.72. The summed E-state index contributed by atoms with van der Waals surface area (Å²) in [6.07, 6.45) is 0.998. The predicted octanol–water partition coefficient (Wildman–Crippen LogP) is 5.63. The predicted molar refractivity (Wildman–Crippen MR) is 87.2 cm³/mol. The molecule has 0 heterocycles. The fourth-order valence-corrected chi connectivity index (χ4v) is 3.14. The van der Waals surface area contributed by atoms with E-state index < -0.39 is 0 Å². The van der Waals surface area contributed by atoms with E-state index >= 15 is 0 Å². The van der Waals surface area contributed by atoms with Crippen molar-refractivity contribution in [2.45, 2.75) is 26.2 Å². The number of rotatable bonds is 4. The third-order valence-corrected chi connectivity index (χ3v) is 4.47. The van der Waals surface area contributed by atoms with Gasteiger partial charge in [-0.15, -0.1) is 11.6 Å². The van der Waals surface area contributed by atoms with Crippen LogP contribution in [-0.4, -0.2) is 5.88 Å². The quantitative estimate of drug-likeness (QED) is 0.634. The summed E-state index contributed by atoms with van der Waals surface area (Å²) in [5.74, 6) is 1.00. The van der Waals surface area contributed by atoms with E-state index in [4.69, 9.17) is 11.6 Å². The maximum atomic E-state index is 6.19. The van der Waals surface area contributed by atoms with Gasteiger partial charge in [0.1, 0.15) is 0 Å². The van der Waals surface area contributed by atoms with Crippen LogP contribution in [0.3, 0.4) is 0 Å². The van der Waals surface area contributed by atoms with E-state index in [0.29, 0.717) is 11.8 Å². The SMILES string of the molecule is Cc1cccc(C)c1CC(CCl)c1cccc(Br)c1. The molecule has 1 atom stereocenters. The number of hydrogen-bond acceptors (Lipinski definition) is 0.